The Labute approximate surface area is 174 Å². The van der Waals surface area contributed by atoms with E-state index in [1.807, 2.05) is 24.3 Å². The second-order valence-corrected chi connectivity index (χ2v) is 7.10. The summed E-state index contributed by atoms with van der Waals surface area (Å²) in [5.74, 6) is 1.22. The predicted octanol–water partition coefficient (Wildman–Crippen LogP) is 2.20. The van der Waals surface area contributed by atoms with Crippen molar-refractivity contribution >= 4 is 40.8 Å². The van der Waals surface area contributed by atoms with Crippen LogP contribution in [0.1, 0.15) is 20.3 Å². The van der Waals surface area contributed by atoms with Gasteiger partial charge in [-0.2, -0.15) is 0 Å². The molecule has 8 N–H and O–H groups in total. The van der Waals surface area contributed by atoms with Crippen molar-refractivity contribution in [3.63, 3.8) is 0 Å². The third-order valence-electron chi connectivity index (χ3n) is 3.43. The van der Waals surface area contributed by atoms with Crippen molar-refractivity contribution in [2.75, 3.05) is 23.7 Å². The first-order valence-electron chi connectivity index (χ1n) is 9.08. The van der Waals surface area contributed by atoms with E-state index in [9.17, 15) is 4.79 Å². The number of carbonyl (C=O) groups is 1. The molecule has 2 aromatic rings. The lowest BCUT2D eigenvalue weighted by Crippen LogP contribution is -2.14. The number of nitrogens with one attached hydrogen (secondary N) is 2. The van der Waals surface area contributed by atoms with E-state index in [-0.39, 0.29) is 11.7 Å². The highest BCUT2D eigenvalue weighted by atomic mass is 32.2. The van der Waals surface area contributed by atoms with Crippen LogP contribution in [0.3, 0.4) is 0 Å². The van der Waals surface area contributed by atoms with E-state index in [0.29, 0.717) is 42.0 Å². The summed E-state index contributed by atoms with van der Waals surface area (Å²) in [6, 6.07) is 9.13. The largest absolute Gasteiger partial charge is 0.402 e. The minimum atomic E-state index is -0.0331. The zero-order valence-electron chi connectivity index (χ0n) is 16.5. The first-order chi connectivity index (χ1) is 13.9. The summed E-state index contributed by atoms with van der Waals surface area (Å²) in [6.45, 7) is 4.56. The van der Waals surface area contributed by atoms with E-state index in [1.54, 1.807) is 26.0 Å². The number of amides is 1. The molecule has 0 aliphatic carbocycles. The maximum atomic E-state index is 11.5. The molecule has 0 fully saturated rings. The van der Waals surface area contributed by atoms with Crippen LogP contribution in [0.25, 0.3) is 0 Å². The molecule has 2 rings (SSSR count). The smallest absolute Gasteiger partial charge is 0.224 e. The summed E-state index contributed by atoms with van der Waals surface area (Å²) >= 11 is 1.37. The average Bonchev–Trinajstić information content (AvgIpc) is 2.67. The molecule has 0 aliphatic heterocycles. The molecule has 29 heavy (non-hydrogen) atoms. The van der Waals surface area contributed by atoms with Crippen molar-refractivity contribution in [3.8, 4) is 0 Å². The first-order valence-corrected chi connectivity index (χ1v) is 9.90. The fraction of sp³-hybridized carbons (Fsp3) is 0.263. The van der Waals surface area contributed by atoms with Gasteiger partial charge in [-0.15, -0.1) is 0 Å². The Morgan fingerprint density at radius 2 is 1.97 bits per heavy atom. The van der Waals surface area contributed by atoms with Gasteiger partial charge in [-0.05, 0) is 49.0 Å². The second kappa shape index (κ2) is 11.0. The SMILES string of the molecule is CCC(=O)Nc1ccc(Sc2nc(N=C(N)C=C(C)N)cc(NCCN)n2)cc1. The molecule has 0 saturated heterocycles. The van der Waals surface area contributed by atoms with Crippen LogP contribution < -0.4 is 27.8 Å². The molecule has 0 aliphatic rings. The second-order valence-electron chi connectivity index (χ2n) is 6.06. The number of aromatic nitrogens is 2. The summed E-state index contributed by atoms with van der Waals surface area (Å²) in [6.07, 6.45) is 1.99. The van der Waals surface area contributed by atoms with Crippen molar-refractivity contribution in [1.82, 2.24) is 9.97 Å². The van der Waals surface area contributed by atoms with Gasteiger partial charge in [0.15, 0.2) is 11.0 Å². The number of aliphatic imine (C=N–C) groups is 1. The van der Waals surface area contributed by atoms with E-state index >= 15 is 0 Å². The van der Waals surface area contributed by atoms with Crippen LogP contribution in [-0.4, -0.2) is 34.8 Å². The standard InChI is InChI=1S/C19H26N8OS/c1-3-18(28)24-13-4-6-14(7-5-13)29-19-26-16(23-9-8-20)11-17(27-19)25-15(22)10-12(2)21/h4-7,10-11H,3,8-9,20-21H2,1-2H3,(H,24,28)(H3,22,23,25,26,27). The monoisotopic (exact) mass is 414 g/mol. The van der Waals surface area contributed by atoms with Crippen LogP contribution in [0.2, 0.25) is 0 Å². The van der Waals surface area contributed by atoms with Gasteiger partial charge in [0.1, 0.15) is 11.7 Å². The number of anilines is 2. The Hall–Kier alpha value is -3.11. The van der Waals surface area contributed by atoms with Crippen LogP contribution >= 0.6 is 11.8 Å². The summed E-state index contributed by atoms with van der Waals surface area (Å²) in [7, 11) is 0. The van der Waals surface area contributed by atoms with Crippen molar-refractivity contribution in [2.24, 2.45) is 22.2 Å². The maximum Gasteiger partial charge on any atom is 0.224 e. The summed E-state index contributed by atoms with van der Waals surface area (Å²) < 4.78 is 0. The van der Waals surface area contributed by atoms with E-state index in [0.717, 1.165) is 10.6 Å². The molecule has 10 heteroatoms. The molecule has 0 unspecified atom stereocenters. The van der Waals surface area contributed by atoms with Gasteiger partial charge in [-0.25, -0.2) is 15.0 Å². The average molecular weight is 415 g/mol. The van der Waals surface area contributed by atoms with Crippen LogP contribution in [0.15, 0.2) is 57.1 Å². The Kier molecular flexibility index (Phi) is 8.44. The van der Waals surface area contributed by atoms with Crippen LogP contribution in [-0.2, 0) is 4.79 Å². The molecule has 0 spiro atoms. The van der Waals surface area contributed by atoms with Gasteiger partial charge in [-0.1, -0.05) is 6.92 Å². The third kappa shape index (κ3) is 7.80. The molecule has 0 saturated carbocycles. The van der Waals surface area contributed by atoms with Gasteiger partial charge in [0, 0.05) is 41.9 Å². The molecule has 1 aromatic carbocycles. The fourth-order valence-corrected chi connectivity index (χ4v) is 2.93. The molecular formula is C19H26N8OS. The Bertz CT molecular complexity index is 892. The molecule has 1 heterocycles. The first kappa shape index (κ1) is 22.2. The Balaban J connectivity index is 2.25. The van der Waals surface area contributed by atoms with E-state index in [4.69, 9.17) is 17.2 Å². The minimum absolute atomic E-state index is 0.0331. The number of carbonyl (C=O) groups excluding carboxylic acids is 1. The van der Waals surface area contributed by atoms with Crippen molar-refractivity contribution < 1.29 is 4.79 Å². The molecule has 0 bridgehead atoms. The maximum absolute atomic E-state index is 11.5. The van der Waals surface area contributed by atoms with Crippen molar-refractivity contribution in [2.45, 2.75) is 30.3 Å². The lowest BCUT2D eigenvalue weighted by molar-refractivity contribution is -0.115. The molecule has 0 atom stereocenters. The summed E-state index contributed by atoms with van der Waals surface area (Å²) in [4.78, 5) is 25.6. The lowest BCUT2D eigenvalue weighted by atomic mass is 10.3. The topological polar surface area (TPSA) is 157 Å². The van der Waals surface area contributed by atoms with Gasteiger partial charge in [0.05, 0.1) is 0 Å². The highest BCUT2D eigenvalue weighted by Crippen LogP contribution is 2.28. The van der Waals surface area contributed by atoms with Crippen LogP contribution in [0, 0.1) is 0 Å². The van der Waals surface area contributed by atoms with Gasteiger partial charge >= 0.3 is 0 Å². The number of hydrogen-bond acceptors (Lipinski definition) is 8. The van der Waals surface area contributed by atoms with Gasteiger partial charge in [-0.3, -0.25) is 4.79 Å². The number of nitrogens with zero attached hydrogens (tertiary/aromatic N) is 3. The number of rotatable bonds is 9. The van der Waals surface area contributed by atoms with Crippen LogP contribution in [0.5, 0.6) is 0 Å². The van der Waals surface area contributed by atoms with Gasteiger partial charge in [0.2, 0.25) is 5.91 Å². The number of nitrogens with two attached hydrogens (primary N) is 3. The zero-order chi connectivity index (χ0) is 21.2. The fourth-order valence-electron chi connectivity index (χ4n) is 2.17. The normalized spacial score (nSPS) is 12.0. The Morgan fingerprint density at radius 1 is 1.24 bits per heavy atom. The third-order valence-corrected chi connectivity index (χ3v) is 4.30. The van der Waals surface area contributed by atoms with Crippen LogP contribution in [0.4, 0.5) is 17.3 Å². The molecule has 1 aromatic heterocycles. The number of allylic oxidation sites excluding steroid dienone is 1. The lowest BCUT2D eigenvalue weighted by Gasteiger charge is -2.08. The highest BCUT2D eigenvalue weighted by molar-refractivity contribution is 7.99. The molecule has 0 radical (unpaired) electrons. The minimum Gasteiger partial charge on any atom is -0.402 e. The summed E-state index contributed by atoms with van der Waals surface area (Å²) in [5.41, 5.74) is 18.4. The number of benzene rings is 1. The van der Waals surface area contributed by atoms with Gasteiger partial charge < -0.3 is 27.8 Å². The van der Waals surface area contributed by atoms with E-state index in [1.165, 1.54) is 11.8 Å². The molecule has 154 valence electrons. The quantitative estimate of drug-likeness (QED) is 0.237. The predicted molar refractivity (Wildman–Crippen MR) is 118 cm³/mol. The Morgan fingerprint density at radius 3 is 2.59 bits per heavy atom. The molecule has 9 nitrogen and oxygen atoms in total. The highest BCUT2D eigenvalue weighted by Gasteiger charge is 2.08. The summed E-state index contributed by atoms with van der Waals surface area (Å²) in [5, 5.41) is 6.44. The van der Waals surface area contributed by atoms with E-state index in [2.05, 4.69) is 25.6 Å². The van der Waals surface area contributed by atoms with Crippen molar-refractivity contribution in [1.29, 1.82) is 0 Å². The number of hydrogen-bond donors (Lipinski definition) is 5. The number of amidine groups is 1. The molecular weight excluding hydrogens is 388 g/mol. The van der Waals surface area contributed by atoms with E-state index < -0.39 is 0 Å². The zero-order valence-corrected chi connectivity index (χ0v) is 17.3. The molecule has 1 amide bonds. The van der Waals surface area contributed by atoms with Gasteiger partial charge in [0.25, 0.3) is 0 Å². The van der Waals surface area contributed by atoms with Crippen molar-refractivity contribution in [3.05, 3.63) is 42.1 Å².